The Morgan fingerprint density at radius 1 is 0.576 bits per heavy atom. The lowest BCUT2D eigenvalue weighted by Crippen LogP contribution is -2.20. The van der Waals surface area contributed by atoms with E-state index in [-0.39, 0.29) is 0 Å². The van der Waals surface area contributed by atoms with E-state index < -0.39 is 18.5 Å². The molecule has 0 saturated heterocycles. The molecule has 0 aliphatic carbocycles. The van der Waals surface area contributed by atoms with Crippen molar-refractivity contribution in [3.05, 3.63) is 115 Å². The molecule has 0 aromatic heterocycles. The summed E-state index contributed by atoms with van der Waals surface area (Å²) in [7, 11) is 0. The van der Waals surface area contributed by atoms with E-state index >= 15 is 0 Å². The number of amides is 1. The Morgan fingerprint density at radius 2 is 1.03 bits per heavy atom. The second-order valence-electron chi connectivity index (χ2n) is 7.00. The summed E-state index contributed by atoms with van der Waals surface area (Å²) in [6.07, 6.45) is 0. The van der Waals surface area contributed by atoms with Crippen molar-refractivity contribution in [2.45, 2.75) is 0 Å². The maximum atomic E-state index is 12.2. The van der Waals surface area contributed by atoms with Gasteiger partial charge in [-0.2, -0.15) is 0 Å². The van der Waals surface area contributed by atoms with Crippen molar-refractivity contribution in [1.29, 1.82) is 0 Å². The van der Waals surface area contributed by atoms with Crippen LogP contribution in [0.25, 0.3) is 0 Å². The molecule has 4 aromatic carbocycles. The van der Waals surface area contributed by atoms with Crippen LogP contribution >= 0.6 is 0 Å². The van der Waals surface area contributed by atoms with Gasteiger partial charge in [-0.3, -0.25) is 4.79 Å². The lowest BCUT2D eigenvalue weighted by molar-refractivity contribution is -0.119. The molecule has 0 aliphatic rings. The lowest BCUT2D eigenvalue weighted by atomic mass is 10.2. The molecule has 0 heterocycles. The average molecular weight is 439 g/mol. The molecule has 4 rings (SSSR count). The first-order chi connectivity index (χ1) is 16.2. The molecule has 6 heteroatoms. The van der Waals surface area contributed by atoms with Gasteiger partial charge in [0.15, 0.2) is 6.61 Å². The molecule has 1 amide bonds. The van der Waals surface area contributed by atoms with Gasteiger partial charge in [-0.05, 0) is 72.8 Å². The summed E-state index contributed by atoms with van der Waals surface area (Å²) >= 11 is 0. The normalized spacial score (nSPS) is 10.2. The van der Waals surface area contributed by atoms with Crippen LogP contribution in [0.5, 0.6) is 23.0 Å². The summed E-state index contributed by atoms with van der Waals surface area (Å²) in [6, 6.07) is 32.1. The Balaban J connectivity index is 1.24. The summed E-state index contributed by atoms with van der Waals surface area (Å²) in [4.78, 5) is 24.4. The van der Waals surface area contributed by atoms with Crippen molar-refractivity contribution in [1.82, 2.24) is 0 Å². The number of benzene rings is 4. The minimum Gasteiger partial charge on any atom is -0.457 e. The minimum atomic E-state index is -0.594. The van der Waals surface area contributed by atoms with Crippen LogP contribution in [-0.4, -0.2) is 18.5 Å². The van der Waals surface area contributed by atoms with E-state index in [2.05, 4.69) is 5.32 Å². The first-order valence-corrected chi connectivity index (χ1v) is 10.3. The molecular weight excluding hydrogens is 418 g/mol. The van der Waals surface area contributed by atoms with Crippen LogP contribution < -0.4 is 14.8 Å². The summed E-state index contributed by atoms with van der Waals surface area (Å²) in [5, 5.41) is 2.68. The van der Waals surface area contributed by atoms with Crippen molar-refractivity contribution < 1.29 is 23.8 Å². The number of rotatable bonds is 8. The van der Waals surface area contributed by atoms with Crippen LogP contribution in [0.15, 0.2) is 109 Å². The van der Waals surface area contributed by atoms with E-state index in [1.54, 1.807) is 48.5 Å². The molecule has 0 aliphatic heterocycles. The molecule has 0 bridgehead atoms. The summed E-state index contributed by atoms with van der Waals surface area (Å²) in [5.41, 5.74) is 0.893. The molecule has 6 nitrogen and oxygen atoms in total. The third-order valence-electron chi connectivity index (χ3n) is 4.52. The van der Waals surface area contributed by atoms with E-state index in [1.165, 1.54) is 0 Å². The van der Waals surface area contributed by atoms with E-state index in [1.807, 2.05) is 60.7 Å². The largest absolute Gasteiger partial charge is 0.457 e. The second kappa shape index (κ2) is 10.6. The predicted molar refractivity (Wildman–Crippen MR) is 125 cm³/mol. The summed E-state index contributed by atoms with van der Waals surface area (Å²) in [6.45, 7) is -0.399. The average Bonchev–Trinajstić information content (AvgIpc) is 2.85. The summed E-state index contributed by atoms with van der Waals surface area (Å²) in [5.74, 6) is 1.62. The van der Waals surface area contributed by atoms with Crippen LogP contribution in [0.2, 0.25) is 0 Å². The maximum Gasteiger partial charge on any atom is 0.338 e. The fourth-order valence-corrected chi connectivity index (χ4v) is 2.93. The minimum absolute atomic E-state index is 0.325. The van der Waals surface area contributed by atoms with Crippen molar-refractivity contribution in [3.63, 3.8) is 0 Å². The Kier molecular flexibility index (Phi) is 6.98. The smallest absolute Gasteiger partial charge is 0.338 e. The Labute approximate surface area is 191 Å². The predicted octanol–water partition coefficient (Wildman–Crippen LogP) is 6.07. The van der Waals surface area contributed by atoms with Gasteiger partial charge in [0.1, 0.15) is 23.0 Å². The van der Waals surface area contributed by atoms with Gasteiger partial charge in [0, 0.05) is 5.69 Å². The number of hydrogen-bond acceptors (Lipinski definition) is 5. The van der Waals surface area contributed by atoms with Gasteiger partial charge in [-0.25, -0.2) is 4.79 Å². The fourth-order valence-electron chi connectivity index (χ4n) is 2.93. The van der Waals surface area contributed by atoms with Gasteiger partial charge >= 0.3 is 5.97 Å². The third kappa shape index (κ3) is 6.45. The molecular formula is C27H21NO5. The molecule has 0 unspecified atom stereocenters. The zero-order valence-electron chi connectivity index (χ0n) is 17.6. The molecule has 0 radical (unpaired) electrons. The van der Waals surface area contributed by atoms with Gasteiger partial charge in [-0.15, -0.1) is 0 Å². The van der Waals surface area contributed by atoms with E-state index in [4.69, 9.17) is 14.2 Å². The molecule has 164 valence electrons. The Hall–Kier alpha value is -4.58. The zero-order chi connectivity index (χ0) is 22.9. The van der Waals surface area contributed by atoms with Gasteiger partial charge < -0.3 is 19.5 Å². The van der Waals surface area contributed by atoms with E-state index in [0.29, 0.717) is 28.5 Å². The molecule has 1 N–H and O–H groups in total. The lowest BCUT2D eigenvalue weighted by Gasteiger charge is -2.09. The number of para-hydroxylation sites is 2. The number of carbonyl (C=O) groups is 2. The second-order valence-corrected chi connectivity index (χ2v) is 7.00. The monoisotopic (exact) mass is 439 g/mol. The molecule has 33 heavy (non-hydrogen) atoms. The van der Waals surface area contributed by atoms with Crippen LogP contribution in [0.3, 0.4) is 0 Å². The molecule has 4 aromatic rings. The Morgan fingerprint density at radius 3 is 1.55 bits per heavy atom. The van der Waals surface area contributed by atoms with Gasteiger partial charge in [0.05, 0.1) is 5.56 Å². The highest BCUT2D eigenvalue weighted by atomic mass is 16.5. The van der Waals surface area contributed by atoms with Crippen molar-refractivity contribution in [2.75, 3.05) is 11.9 Å². The standard InChI is InChI=1S/C27H21NO5/c29-26(28-21-13-17-25(18-14-21)33-23-9-5-2-6-10-23)19-31-27(30)20-11-15-24(16-12-20)32-22-7-3-1-4-8-22/h1-18H,19H2,(H,28,29). The number of hydrogen-bond donors (Lipinski definition) is 1. The number of carbonyl (C=O) groups excluding carboxylic acids is 2. The highest BCUT2D eigenvalue weighted by Gasteiger charge is 2.11. The SMILES string of the molecule is O=C(COC(=O)c1ccc(Oc2ccccc2)cc1)Nc1ccc(Oc2ccccc2)cc1. The van der Waals surface area contributed by atoms with Gasteiger partial charge in [-0.1, -0.05) is 36.4 Å². The molecule has 0 saturated carbocycles. The number of anilines is 1. The van der Waals surface area contributed by atoms with Crippen molar-refractivity contribution >= 4 is 17.6 Å². The highest BCUT2D eigenvalue weighted by molar-refractivity contribution is 5.95. The van der Waals surface area contributed by atoms with E-state index in [0.717, 1.165) is 5.75 Å². The third-order valence-corrected chi connectivity index (χ3v) is 4.52. The Bertz CT molecular complexity index is 1190. The van der Waals surface area contributed by atoms with Crippen LogP contribution in [0.1, 0.15) is 10.4 Å². The van der Waals surface area contributed by atoms with E-state index in [9.17, 15) is 9.59 Å². The highest BCUT2D eigenvalue weighted by Crippen LogP contribution is 2.23. The number of nitrogens with one attached hydrogen (secondary N) is 1. The first-order valence-electron chi connectivity index (χ1n) is 10.3. The number of esters is 1. The number of ether oxygens (including phenoxy) is 3. The molecule has 0 fully saturated rings. The molecule has 0 spiro atoms. The van der Waals surface area contributed by atoms with Crippen LogP contribution in [-0.2, 0) is 9.53 Å². The topological polar surface area (TPSA) is 73.9 Å². The van der Waals surface area contributed by atoms with Crippen LogP contribution in [0.4, 0.5) is 5.69 Å². The summed E-state index contributed by atoms with van der Waals surface area (Å²) < 4.78 is 16.5. The van der Waals surface area contributed by atoms with Crippen molar-refractivity contribution in [3.8, 4) is 23.0 Å². The first kappa shape index (κ1) is 21.6. The fraction of sp³-hybridized carbons (Fsp3) is 0.0370. The zero-order valence-corrected chi connectivity index (χ0v) is 17.6. The van der Waals surface area contributed by atoms with Crippen LogP contribution in [0, 0.1) is 0 Å². The van der Waals surface area contributed by atoms with Crippen molar-refractivity contribution in [2.24, 2.45) is 0 Å². The van der Waals surface area contributed by atoms with Gasteiger partial charge in [0.2, 0.25) is 0 Å². The maximum absolute atomic E-state index is 12.2. The molecule has 0 atom stereocenters. The quantitative estimate of drug-likeness (QED) is 0.338. The van der Waals surface area contributed by atoms with Gasteiger partial charge in [0.25, 0.3) is 5.91 Å².